The van der Waals surface area contributed by atoms with Crippen LogP contribution < -0.4 is 10.1 Å². The average molecular weight is 381 g/mol. The Labute approximate surface area is 168 Å². The van der Waals surface area contributed by atoms with E-state index in [0.29, 0.717) is 6.54 Å². The lowest BCUT2D eigenvalue weighted by Gasteiger charge is -2.26. The fourth-order valence-corrected chi connectivity index (χ4v) is 3.70. The molecule has 0 aromatic heterocycles. The Morgan fingerprint density at radius 2 is 1.82 bits per heavy atom. The molecule has 0 radical (unpaired) electrons. The summed E-state index contributed by atoms with van der Waals surface area (Å²) in [5.41, 5.74) is 3.56. The second kappa shape index (κ2) is 10.3. The number of piperidine rings is 1. The first kappa shape index (κ1) is 20.4. The largest absolute Gasteiger partial charge is 0.481 e. The number of carbonyl (C=O) groups is 1. The van der Waals surface area contributed by atoms with Crippen molar-refractivity contribution in [2.24, 2.45) is 0 Å². The molecule has 1 N–H and O–H groups in total. The maximum absolute atomic E-state index is 12.5. The summed E-state index contributed by atoms with van der Waals surface area (Å²) in [6, 6.07) is 16.4. The van der Waals surface area contributed by atoms with E-state index in [1.807, 2.05) is 24.3 Å². The molecule has 3 rings (SSSR count). The van der Waals surface area contributed by atoms with E-state index in [1.54, 1.807) is 6.92 Å². The number of ether oxygens (including phenoxy) is 1. The third-order valence-corrected chi connectivity index (χ3v) is 5.34. The molecule has 1 aliphatic heterocycles. The third kappa shape index (κ3) is 5.83. The summed E-state index contributed by atoms with van der Waals surface area (Å²) in [5.74, 6) is 0.698. The van der Waals surface area contributed by atoms with Crippen LogP contribution in [0.3, 0.4) is 0 Å². The van der Waals surface area contributed by atoms with E-state index in [4.69, 9.17) is 4.74 Å². The first-order valence-electron chi connectivity index (χ1n) is 10.5. The highest BCUT2D eigenvalue weighted by Crippen LogP contribution is 2.20. The molecule has 2 aromatic rings. The van der Waals surface area contributed by atoms with Crippen LogP contribution in [0.15, 0.2) is 48.5 Å². The molecule has 1 fully saturated rings. The summed E-state index contributed by atoms with van der Waals surface area (Å²) in [6.45, 7) is 7.79. The van der Waals surface area contributed by atoms with Crippen molar-refractivity contribution in [3.05, 3.63) is 65.2 Å². The molecular formula is C24H32N2O2. The highest BCUT2D eigenvalue weighted by Gasteiger charge is 2.16. The van der Waals surface area contributed by atoms with Gasteiger partial charge in [0.05, 0.1) is 0 Å². The number of hydrogen-bond acceptors (Lipinski definition) is 3. The van der Waals surface area contributed by atoms with Crippen molar-refractivity contribution in [1.82, 2.24) is 10.2 Å². The van der Waals surface area contributed by atoms with Gasteiger partial charge in [-0.3, -0.25) is 9.69 Å². The van der Waals surface area contributed by atoms with E-state index < -0.39 is 6.10 Å². The molecule has 0 spiro atoms. The van der Waals surface area contributed by atoms with E-state index in [2.05, 4.69) is 41.4 Å². The number of carbonyl (C=O) groups excluding carboxylic acids is 1. The van der Waals surface area contributed by atoms with Gasteiger partial charge in [-0.2, -0.15) is 0 Å². The molecule has 1 aliphatic rings. The highest BCUT2D eigenvalue weighted by atomic mass is 16.5. The maximum Gasteiger partial charge on any atom is 0.261 e. The molecule has 1 atom stereocenters. The molecule has 0 aliphatic carbocycles. The number of benzene rings is 2. The fourth-order valence-electron chi connectivity index (χ4n) is 3.70. The van der Waals surface area contributed by atoms with Crippen molar-refractivity contribution >= 4 is 5.91 Å². The predicted octanol–water partition coefficient (Wildman–Crippen LogP) is 4.32. The maximum atomic E-state index is 12.5. The van der Waals surface area contributed by atoms with Crippen LogP contribution in [0.1, 0.15) is 49.8 Å². The van der Waals surface area contributed by atoms with Gasteiger partial charge in [-0.05, 0) is 62.0 Å². The lowest BCUT2D eigenvalue weighted by Crippen LogP contribution is -2.36. The molecule has 150 valence electrons. The van der Waals surface area contributed by atoms with Gasteiger partial charge >= 0.3 is 0 Å². The molecule has 4 heteroatoms. The van der Waals surface area contributed by atoms with Gasteiger partial charge in [0.15, 0.2) is 6.10 Å². The van der Waals surface area contributed by atoms with Gasteiger partial charge in [-0.15, -0.1) is 0 Å². The van der Waals surface area contributed by atoms with Gasteiger partial charge in [-0.1, -0.05) is 55.8 Å². The first-order valence-corrected chi connectivity index (χ1v) is 10.5. The monoisotopic (exact) mass is 380 g/mol. The van der Waals surface area contributed by atoms with Crippen LogP contribution in [0, 0.1) is 0 Å². The van der Waals surface area contributed by atoms with E-state index in [1.165, 1.54) is 37.9 Å². The highest BCUT2D eigenvalue weighted by molar-refractivity contribution is 5.80. The van der Waals surface area contributed by atoms with Gasteiger partial charge in [-0.25, -0.2) is 0 Å². The van der Waals surface area contributed by atoms with Crippen molar-refractivity contribution in [3.63, 3.8) is 0 Å². The normalized spacial score (nSPS) is 15.8. The Balaban J connectivity index is 1.51. The number of hydrogen-bond donors (Lipinski definition) is 1. The van der Waals surface area contributed by atoms with Crippen molar-refractivity contribution < 1.29 is 9.53 Å². The molecule has 0 saturated carbocycles. The molecule has 0 unspecified atom stereocenters. The van der Waals surface area contributed by atoms with Crippen LogP contribution >= 0.6 is 0 Å². The van der Waals surface area contributed by atoms with Crippen LogP contribution in [0.25, 0.3) is 0 Å². The van der Waals surface area contributed by atoms with E-state index in [-0.39, 0.29) is 5.91 Å². The van der Waals surface area contributed by atoms with Crippen LogP contribution in [0.2, 0.25) is 0 Å². The van der Waals surface area contributed by atoms with Crippen molar-refractivity contribution in [2.75, 3.05) is 13.1 Å². The van der Waals surface area contributed by atoms with Gasteiger partial charge in [0, 0.05) is 13.1 Å². The second-order valence-corrected chi connectivity index (χ2v) is 7.60. The first-order chi connectivity index (χ1) is 13.7. The topological polar surface area (TPSA) is 41.6 Å². The average Bonchev–Trinajstić information content (AvgIpc) is 2.73. The van der Waals surface area contributed by atoms with E-state index in [0.717, 1.165) is 29.8 Å². The van der Waals surface area contributed by atoms with E-state index >= 15 is 0 Å². The lowest BCUT2D eigenvalue weighted by atomic mass is 10.1. The minimum atomic E-state index is -0.524. The number of aryl methyl sites for hydroxylation is 1. The number of nitrogens with one attached hydrogen (secondary N) is 1. The number of amides is 1. The summed E-state index contributed by atoms with van der Waals surface area (Å²) in [6.07, 6.45) is 4.31. The molecule has 1 heterocycles. The zero-order valence-corrected chi connectivity index (χ0v) is 17.1. The summed E-state index contributed by atoms with van der Waals surface area (Å²) in [4.78, 5) is 15.0. The van der Waals surface area contributed by atoms with Crippen LogP contribution in [-0.2, 0) is 24.3 Å². The zero-order chi connectivity index (χ0) is 19.8. The quantitative estimate of drug-likeness (QED) is 0.742. The van der Waals surface area contributed by atoms with Gasteiger partial charge < -0.3 is 10.1 Å². The predicted molar refractivity (Wildman–Crippen MR) is 113 cm³/mol. The smallest absolute Gasteiger partial charge is 0.261 e. The summed E-state index contributed by atoms with van der Waals surface area (Å²) < 4.78 is 5.89. The Kier molecular flexibility index (Phi) is 7.49. The van der Waals surface area contributed by atoms with Gasteiger partial charge in [0.1, 0.15) is 5.75 Å². The fraction of sp³-hybridized carbons (Fsp3) is 0.458. The molecule has 4 nitrogen and oxygen atoms in total. The lowest BCUT2D eigenvalue weighted by molar-refractivity contribution is -0.127. The molecular weight excluding hydrogens is 348 g/mol. The third-order valence-electron chi connectivity index (χ3n) is 5.34. The SMILES string of the molecule is CCc1ccccc1O[C@H](C)C(=O)NCc1cccc(CN2CCCCC2)c1. The van der Waals surface area contributed by atoms with Crippen LogP contribution in [0.5, 0.6) is 5.75 Å². The number of para-hydroxylation sites is 1. The molecule has 0 bridgehead atoms. The standard InChI is InChI=1S/C24H32N2O2/c1-3-22-12-5-6-13-23(22)28-19(2)24(27)25-17-20-10-9-11-21(16-20)18-26-14-7-4-8-15-26/h5-6,9-13,16,19H,3-4,7-8,14-15,17-18H2,1-2H3,(H,25,27)/t19-/m1/s1. The second-order valence-electron chi connectivity index (χ2n) is 7.60. The summed E-state index contributed by atoms with van der Waals surface area (Å²) in [7, 11) is 0. The minimum Gasteiger partial charge on any atom is -0.481 e. The van der Waals surface area contributed by atoms with Gasteiger partial charge in [0.25, 0.3) is 5.91 Å². The Morgan fingerprint density at radius 3 is 2.61 bits per heavy atom. The van der Waals surface area contributed by atoms with Crippen molar-refractivity contribution in [3.8, 4) is 5.75 Å². The van der Waals surface area contributed by atoms with Crippen LogP contribution in [0.4, 0.5) is 0 Å². The molecule has 28 heavy (non-hydrogen) atoms. The minimum absolute atomic E-state index is 0.0904. The Morgan fingerprint density at radius 1 is 1.07 bits per heavy atom. The van der Waals surface area contributed by atoms with E-state index in [9.17, 15) is 4.79 Å². The van der Waals surface area contributed by atoms with Crippen LogP contribution in [-0.4, -0.2) is 30.0 Å². The number of likely N-dealkylation sites (tertiary alicyclic amines) is 1. The Bertz CT molecular complexity index is 769. The molecule has 1 saturated heterocycles. The Hall–Kier alpha value is -2.33. The molecule has 1 amide bonds. The number of nitrogens with zero attached hydrogens (tertiary/aromatic N) is 1. The van der Waals surface area contributed by atoms with Crippen molar-refractivity contribution in [1.29, 1.82) is 0 Å². The summed E-state index contributed by atoms with van der Waals surface area (Å²) in [5, 5.41) is 3.01. The zero-order valence-electron chi connectivity index (χ0n) is 17.1. The van der Waals surface area contributed by atoms with Gasteiger partial charge in [0.2, 0.25) is 0 Å². The number of rotatable bonds is 8. The summed E-state index contributed by atoms with van der Waals surface area (Å²) >= 11 is 0. The van der Waals surface area contributed by atoms with Crippen molar-refractivity contribution in [2.45, 2.75) is 58.7 Å². The molecule has 2 aromatic carbocycles.